The van der Waals surface area contributed by atoms with E-state index in [0.717, 1.165) is 29.7 Å². The summed E-state index contributed by atoms with van der Waals surface area (Å²) in [5, 5.41) is 5.46. The van der Waals surface area contributed by atoms with E-state index in [0.29, 0.717) is 26.9 Å². The summed E-state index contributed by atoms with van der Waals surface area (Å²) in [6.45, 7) is 3.88. The number of hydrogen-bond donors (Lipinski definition) is 1. The van der Waals surface area contributed by atoms with Crippen molar-refractivity contribution in [1.82, 2.24) is 15.0 Å². The zero-order chi connectivity index (χ0) is 21.4. The minimum atomic E-state index is -0.751. The molecule has 0 saturated heterocycles. The van der Waals surface area contributed by atoms with Crippen molar-refractivity contribution >= 4 is 56.9 Å². The number of fused-ring (bicyclic) bond motifs is 3. The van der Waals surface area contributed by atoms with Gasteiger partial charge in [0.2, 0.25) is 0 Å². The third kappa shape index (κ3) is 4.02. The van der Waals surface area contributed by atoms with Crippen LogP contribution in [0.25, 0.3) is 10.2 Å². The van der Waals surface area contributed by atoms with Crippen LogP contribution in [0, 0.1) is 5.92 Å². The van der Waals surface area contributed by atoms with Crippen molar-refractivity contribution in [3.8, 4) is 0 Å². The van der Waals surface area contributed by atoms with Gasteiger partial charge in [0.25, 0.3) is 11.5 Å². The summed E-state index contributed by atoms with van der Waals surface area (Å²) >= 11 is 13.5. The zero-order valence-corrected chi connectivity index (χ0v) is 18.8. The van der Waals surface area contributed by atoms with Crippen molar-refractivity contribution in [1.29, 1.82) is 0 Å². The van der Waals surface area contributed by atoms with E-state index in [1.54, 1.807) is 36.5 Å². The van der Waals surface area contributed by atoms with Crippen LogP contribution in [0.1, 0.15) is 42.3 Å². The Hall–Kier alpha value is -2.22. The van der Waals surface area contributed by atoms with Gasteiger partial charge >= 0.3 is 0 Å². The molecule has 1 aliphatic rings. The number of rotatable bonds is 4. The van der Waals surface area contributed by atoms with Gasteiger partial charge in [-0.3, -0.25) is 14.2 Å². The number of nitrogens with one attached hydrogen (secondary N) is 1. The lowest BCUT2D eigenvalue weighted by molar-refractivity contribution is -0.123. The molecule has 0 fully saturated rings. The molecule has 30 heavy (non-hydrogen) atoms. The summed E-state index contributed by atoms with van der Waals surface area (Å²) in [6, 6.07) is 4.28. The van der Waals surface area contributed by atoms with Gasteiger partial charge in [0.15, 0.2) is 0 Å². The van der Waals surface area contributed by atoms with Crippen LogP contribution in [0.4, 0.5) is 0 Å². The minimum absolute atomic E-state index is 0.178. The fourth-order valence-electron chi connectivity index (χ4n) is 3.60. The number of amides is 1. The second-order valence-electron chi connectivity index (χ2n) is 7.57. The SMILES string of the molecule is CC1CCc2c(sc3ncn(C(C)C(=O)NN=Cc4ccc(Cl)c(Cl)c4)c(=O)c23)C1. The van der Waals surface area contributed by atoms with Gasteiger partial charge in [0, 0.05) is 4.88 Å². The van der Waals surface area contributed by atoms with E-state index in [1.807, 2.05) is 0 Å². The molecular weight excluding hydrogens is 443 g/mol. The van der Waals surface area contributed by atoms with E-state index < -0.39 is 11.9 Å². The molecule has 1 aliphatic carbocycles. The number of aryl methyl sites for hydroxylation is 1. The second-order valence-corrected chi connectivity index (χ2v) is 9.47. The average molecular weight is 463 g/mol. The van der Waals surface area contributed by atoms with Crippen molar-refractivity contribution in [3.05, 3.63) is 60.9 Å². The van der Waals surface area contributed by atoms with Gasteiger partial charge in [-0.25, -0.2) is 10.4 Å². The number of carbonyl (C=O) groups is 1. The molecule has 0 aliphatic heterocycles. The highest BCUT2D eigenvalue weighted by molar-refractivity contribution is 7.18. The molecule has 2 unspecified atom stereocenters. The van der Waals surface area contributed by atoms with Crippen LogP contribution < -0.4 is 11.0 Å². The van der Waals surface area contributed by atoms with E-state index in [1.165, 1.54) is 22.0 Å². The molecule has 2 atom stereocenters. The predicted octanol–water partition coefficient (Wildman–Crippen LogP) is 4.60. The molecular formula is C21H20Cl2N4O2S. The zero-order valence-electron chi connectivity index (χ0n) is 16.5. The lowest BCUT2D eigenvalue weighted by atomic mass is 9.89. The van der Waals surface area contributed by atoms with Crippen LogP contribution in [-0.2, 0) is 17.6 Å². The molecule has 156 valence electrons. The highest BCUT2D eigenvalue weighted by atomic mass is 35.5. The first-order valence-electron chi connectivity index (χ1n) is 9.64. The molecule has 4 rings (SSSR count). The van der Waals surface area contributed by atoms with E-state index in [-0.39, 0.29) is 5.56 Å². The average Bonchev–Trinajstić information content (AvgIpc) is 3.08. The Morgan fingerprint density at radius 2 is 2.20 bits per heavy atom. The maximum Gasteiger partial charge on any atom is 0.263 e. The Kier molecular flexibility index (Phi) is 5.95. The maximum atomic E-state index is 13.1. The molecule has 0 spiro atoms. The maximum absolute atomic E-state index is 13.1. The lowest BCUT2D eigenvalue weighted by Crippen LogP contribution is -2.34. The standard InChI is InChI=1S/C21H20Cl2N4O2S/c1-11-3-5-14-17(7-11)30-20-18(14)21(29)27(10-24-20)12(2)19(28)26-25-9-13-4-6-15(22)16(23)8-13/h4,6,8-12H,3,5,7H2,1-2H3,(H,26,28). The fraction of sp³-hybridized carbons (Fsp3) is 0.333. The van der Waals surface area contributed by atoms with Gasteiger partial charge < -0.3 is 0 Å². The van der Waals surface area contributed by atoms with E-state index in [9.17, 15) is 9.59 Å². The van der Waals surface area contributed by atoms with Crippen molar-refractivity contribution < 1.29 is 4.79 Å². The first kappa shape index (κ1) is 21.0. The minimum Gasteiger partial charge on any atom is -0.286 e. The Bertz CT molecular complexity index is 1220. The summed E-state index contributed by atoms with van der Waals surface area (Å²) in [5.74, 6) is 0.207. The Morgan fingerprint density at radius 3 is 2.97 bits per heavy atom. The van der Waals surface area contributed by atoms with Crippen molar-refractivity contribution in [2.45, 2.75) is 39.2 Å². The van der Waals surface area contributed by atoms with Gasteiger partial charge in [-0.05, 0) is 55.4 Å². The second kappa shape index (κ2) is 8.49. The Labute approximate surface area is 187 Å². The number of benzene rings is 1. The van der Waals surface area contributed by atoms with Crippen LogP contribution in [0.2, 0.25) is 10.0 Å². The molecule has 1 N–H and O–H groups in total. The summed E-state index contributed by atoms with van der Waals surface area (Å²) in [5.41, 5.74) is 4.09. The van der Waals surface area contributed by atoms with Crippen LogP contribution in [0.5, 0.6) is 0 Å². The lowest BCUT2D eigenvalue weighted by Gasteiger charge is -2.18. The third-order valence-corrected chi connectivity index (χ3v) is 7.27. The Morgan fingerprint density at radius 1 is 1.40 bits per heavy atom. The van der Waals surface area contributed by atoms with E-state index >= 15 is 0 Å². The van der Waals surface area contributed by atoms with Crippen LogP contribution >= 0.6 is 34.5 Å². The van der Waals surface area contributed by atoms with Crippen molar-refractivity contribution in [2.24, 2.45) is 11.0 Å². The normalized spacial score (nSPS) is 17.3. The van der Waals surface area contributed by atoms with Crippen LogP contribution in [-0.4, -0.2) is 21.7 Å². The molecule has 1 amide bonds. The third-order valence-electron chi connectivity index (χ3n) is 5.37. The van der Waals surface area contributed by atoms with Gasteiger partial charge in [0.1, 0.15) is 10.9 Å². The molecule has 0 saturated carbocycles. The molecule has 2 aromatic heterocycles. The number of halogens is 2. The number of hydrazone groups is 1. The topological polar surface area (TPSA) is 76.3 Å². The summed E-state index contributed by atoms with van der Waals surface area (Å²) < 4.78 is 1.37. The summed E-state index contributed by atoms with van der Waals surface area (Å²) in [6.07, 6.45) is 5.84. The van der Waals surface area contributed by atoms with Gasteiger partial charge in [-0.15, -0.1) is 11.3 Å². The molecule has 0 bridgehead atoms. The molecule has 0 radical (unpaired) electrons. The first-order chi connectivity index (χ1) is 14.3. The number of carbonyl (C=O) groups excluding carboxylic acids is 1. The Balaban J connectivity index is 1.55. The van der Waals surface area contributed by atoms with Gasteiger partial charge in [-0.2, -0.15) is 5.10 Å². The smallest absolute Gasteiger partial charge is 0.263 e. The van der Waals surface area contributed by atoms with Gasteiger partial charge in [0.05, 0.1) is 28.0 Å². The molecule has 6 nitrogen and oxygen atoms in total. The number of nitrogens with zero attached hydrogens (tertiary/aromatic N) is 3. The quantitative estimate of drug-likeness (QED) is 0.454. The van der Waals surface area contributed by atoms with Crippen LogP contribution in [0.3, 0.4) is 0 Å². The fourth-order valence-corrected chi connectivity index (χ4v) is 5.25. The largest absolute Gasteiger partial charge is 0.286 e. The number of thiophene rings is 1. The number of hydrogen-bond acceptors (Lipinski definition) is 5. The monoisotopic (exact) mass is 462 g/mol. The number of aromatic nitrogens is 2. The molecule has 9 heteroatoms. The molecule has 1 aromatic carbocycles. The first-order valence-corrected chi connectivity index (χ1v) is 11.2. The molecule has 2 heterocycles. The van der Waals surface area contributed by atoms with Gasteiger partial charge in [-0.1, -0.05) is 36.2 Å². The summed E-state index contributed by atoms with van der Waals surface area (Å²) in [7, 11) is 0. The van der Waals surface area contributed by atoms with Crippen LogP contribution in [0.15, 0.2) is 34.4 Å². The highest BCUT2D eigenvalue weighted by Gasteiger charge is 2.25. The van der Waals surface area contributed by atoms with E-state index in [2.05, 4.69) is 22.4 Å². The highest BCUT2D eigenvalue weighted by Crippen LogP contribution is 2.35. The summed E-state index contributed by atoms with van der Waals surface area (Å²) in [4.78, 5) is 32.1. The van der Waals surface area contributed by atoms with E-state index in [4.69, 9.17) is 23.2 Å². The van der Waals surface area contributed by atoms with Crippen molar-refractivity contribution in [3.63, 3.8) is 0 Å². The molecule has 3 aromatic rings. The van der Waals surface area contributed by atoms with Crippen molar-refractivity contribution in [2.75, 3.05) is 0 Å². The predicted molar refractivity (Wildman–Crippen MR) is 122 cm³/mol.